The van der Waals surface area contributed by atoms with E-state index in [0.29, 0.717) is 5.92 Å². The molecule has 0 aliphatic heterocycles. The Kier molecular flexibility index (Phi) is 2.87. The molecule has 20 heavy (non-hydrogen) atoms. The summed E-state index contributed by atoms with van der Waals surface area (Å²) in [5, 5.41) is 0. The van der Waals surface area contributed by atoms with Gasteiger partial charge >= 0.3 is 0 Å². The Morgan fingerprint density at radius 3 is 2.25 bits per heavy atom. The fourth-order valence-electron chi connectivity index (χ4n) is 5.65. The lowest BCUT2D eigenvalue weighted by molar-refractivity contribution is -0.00382. The molecular formula is C17H27N3. The van der Waals surface area contributed by atoms with Crippen molar-refractivity contribution in [3.05, 3.63) is 11.5 Å². The second-order valence-corrected chi connectivity index (χ2v) is 7.56. The van der Waals surface area contributed by atoms with Crippen molar-refractivity contribution < 1.29 is 0 Å². The monoisotopic (exact) mass is 273 g/mol. The van der Waals surface area contributed by atoms with Crippen LogP contribution in [-0.2, 0) is 13.5 Å². The first kappa shape index (κ1) is 12.7. The lowest BCUT2D eigenvalue weighted by Gasteiger charge is -2.54. The van der Waals surface area contributed by atoms with E-state index in [1.165, 1.54) is 43.6 Å². The van der Waals surface area contributed by atoms with Gasteiger partial charge in [-0.1, -0.05) is 6.92 Å². The number of anilines is 1. The summed E-state index contributed by atoms with van der Waals surface area (Å²) in [6.45, 7) is 2.22. The second-order valence-electron chi connectivity index (χ2n) is 7.56. The van der Waals surface area contributed by atoms with Gasteiger partial charge in [0.25, 0.3) is 0 Å². The van der Waals surface area contributed by atoms with Gasteiger partial charge in [0.15, 0.2) is 0 Å². The molecule has 0 amide bonds. The molecule has 110 valence electrons. The number of rotatable bonds is 3. The molecule has 1 heterocycles. The summed E-state index contributed by atoms with van der Waals surface area (Å²) in [5.74, 6) is 6.60. The first-order valence-corrected chi connectivity index (χ1v) is 8.48. The molecule has 0 atom stereocenters. The van der Waals surface area contributed by atoms with E-state index < -0.39 is 0 Å². The van der Waals surface area contributed by atoms with Gasteiger partial charge in [0.1, 0.15) is 11.6 Å². The predicted octanol–water partition coefficient (Wildman–Crippen LogP) is 3.49. The summed E-state index contributed by atoms with van der Waals surface area (Å²) >= 11 is 0. The van der Waals surface area contributed by atoms with Crippen molar-refractivity contribution in [2.45, 2.75) is 57.8 Å². The highest BCUT2D eigenvalue weighted by atomic mass is 15.1. The average molecular weight is 273 g/mol. The van der Waals surface area contributed by atoms with Crippen LogP contribution in [0.5, 0.6) is 0 Å². The summed E-state index contributed by atoms with van der Waals surface area (Å²) in [5.41, 5.74) is 7.67. The molecule has 1 aromatic rings. The number of aryl methyl sites for hydroxylation is 1. The zero-order chi connectivity index (χ0) is 13.9. The van der Waals surface area contributed by atoms with Crippen molar-refractivity contribution in [2.75, 3.05) is 5.73 Å². The van der Waals surface area contributed by atoms with E-state index in [4.69, 9.17) is 10.7 Å². The zero-order valence-corrected chi connectivity index (χ0v) is 12.8. The van der Waals surface area contributed by atoms with Gasteiger partial charge in [-0.05, 0) is 62.2 Å². The third kappa shape index (κ3) is 1.74. The molecule has 0 unspecified atom stereocenters. The quantitative estimate of drug-likeness (QED) is 0.916. The van der Waals surface area contributed by atoms with Crippen LogP contribution < -0.4 is 5.73 Å². The van der Waals surface area contributed by atoms with Gasteiger partial charge in [-0.15, -0.1) is 0 Å². The summed E-state index contributed by atoms with van der Waals surface area (Å²) in [6, 6.07) is 0. The number of imidazole rings is 1. The van der Waals surface area contributed by atoms with E-state index in [1.54, 1.807) is 0 Å². The van der Waals surface area contributed by atoms with Crippen LogP contribution in [-0.4, -0.2) is 9.55 Å². The molecule has 4 bridgehead atoms. The number of nitrogens with two attached hydrogens (primary N) is 1. The van der Waals surface area contributed by atoms with E-state index in [1.807, 2.05) is 0 Å². The highest BCUT2D eigenvalue weighted by molar-refractivity contribution is 5.42. The Balaban J connectivity index is 1.69. The largest absolute Gasteiger partial charge is 0.384 e. The highest BCUT2D eigenvalue weighted by Gasteiger charge is 2.50. The van der Waals surface area contributed by atoms with Crippen LogP contribution in [0.4, 0.5) is 5.82 Å². The summed E-state index contributed by atoms with van der Waals surface area (Å²) in [6.07, 6.45) is 9.47. The third-order valence-corrected chi connectivity index (χ3v) is 6.28. The zero-order valence-electron chi connectivity index (χ0n) is 12.8. The van der Waals surface area contributed by atoms with Gasteiger partial charge in [0.05, 0.1) is 5.69 Å². The average Bonchev–Trinajstić information content (AvgIpc) is 2.67. The highest BCUT2D eigenvalue weighted by Crippen LogP contribution is 2.60. The van der Waals surface area contributed by atoms with Gasteiger partial charge in [0.2, 0.25) is 0 Å². The van der Waals surface area contributed by atoms with Crippen molar-refractivity contribution in [1.82, 2.24) is 9.55 Å². The fourth-order valence-corrected chi connectivity index (χ4v) is 5.65. The summed E-state index contributed by atoms with van der Waals surface area (Å²) in [7, 11) is 2.09. The van der Waals surface area contributed by atoms with Gasteiger partial charge in [0, 0.05) is 19.4 Å². The Labute approximate surface area is 122 Å². The van der Waals surface area contributed by atoms with Crippen molar-refractivity contribution in [2.24, 2.45) is 30.7 Å². The molecule has 0 aromatic carbocycles. The van der Waals surface area contributed by atoms with E-state index >= 15 is 0 Å². The molecule has 0 spiro atoms. The first-order valence-electron chi connectivity index (χ1n) is 8.48. The number of aromatic nitrogens is 2. The number of nitrogen functional groups attached to an aromatic ring is 1. The first-order chi connectivity index (χ1) is 9.67. The molecule has 2 N–H and O–H groups in total. The molecule has 0 saturated heterocycles. The SMILES string of the molecule is CCCc1nc(C2C3CC4CC(C3)CC2C4)c(N)n1C. The number of nitrogens with zero attached hydrogens (tertiary/aromatic N) is 2. The van der Waals surface area contributed by atoms with E-state index in [9.17, 15) is 0 Å². The van der Waals surface area contributed by atoms with Crippen LogP contribution in [0.25, 0.3) is 0 Å². The van der Waals surface area contributed by atoms with Crippen molar-refractivity contribution >= 4 is 5.82 Å². The van der Waals surface area contributed by atoms with Crippen LogP contribution in [0.3, 0.4) is 0 Å². The van der Waals surface area contributed by atoms with E-state index in [0.717, 1.165) is 42.3 Å². The molecule has 3 heteroatoms. The van der Waals surface area contributed by atoms with Gasteiger partial charge in [-0.3, -0.25) is 0 Å². The Morgan fingerprint density at radius 1 is 1.10 bits per heavy atom. The molecule has 4 fully saturated rings. The topological polar surface area (TPSA) is 43.8 Å². The van der Waals surface area contributed by atoms with Gasteiger partial charge in [-0.25, -0.2) is 4.98 Å². The van der Waals surface area contributed by atoms with Gasteiger partial charge < -0.3 is 10.3 Å². The van der Waals surface area contributed by atoms with Crippen molar-refractivity contribution in [3.63, 3.8) is 0 Å². The summed E-state index contributed by atoms with van der Waals surface area (Å²) in [4.78, 5) is 4.98. The third-order valence-electron chi connectivity index (χ3n) is 6.28. The van der Waals surface area contributed by atoms with Gasteiger partial charge in [-0.2, -0.15) is 0 Å². The van der Waals surface area contributed by atoms with Crippen LogP contribution in [0.2, 0.25) is 0 Å². The molecule has 3 nitrogen and oxygen atoms in total. The molecule has 0 radical (unpaired) electrons. The van der Waals surface area contributed by atoms with Crippen LogP contribution in [0.1, 0.15) is 62.9 Å². The molecule has 4 aliphatic carbocycles. The molecule has 4 aliphatic rings. The maximum absolute atomic E-state index is 6.41. The van der Waals surface area contributed by atoms with E-state index in [2.05, 4.69) is 18.5 Å². The van der Waals surface area contributed by atoms with Crippen LogP contribution in [0.15, 0.2) is 0 Å². The van der Waals surface area contributed by atoms with Crippen LogP contribution >= 0.6 is 0 Å². The molecule has 5 rings (SSSR count). The second kappa shape index (κ2) is 4.51. The predicted molar refractivity (Wildman–Crippen MR) is 81.4 cm³/mol. The Bertz CT molecular complexity index is 489. The molecule has 1 aromatic heterocycles. The van der Waals surface area contributed by atoms with Crippen molar-refractivity contribution in [1.29, 1.82) is 0 Å². The van der Waals surface area contributed by atoms with E-state index in [-0.39, 0.29) is 0 Å². The lowest BCUT2D eigenvalue weighted by Crippen LogP contribution is -2.44. The normalized spacial score (nSPS) is 38.6. The van der Waals surface area contributed by atoms with Crippen LogP contribution in [0, 0.1) is 23.7 Å². The summed E-state index contributed by atoms with van der Waals surface area (Å²) < 4.78 is 2.14. The standard InChI is InChI=1S/C17H27N3/c1-3-4-14-19-16(17(18)20(14)2)15-12-6-10-5-11(8-12)9-13(15)7-10/h10-13,15H,3-9,18H2,1-2H3. The van der Waals surface area contributed by atoms with Crippen molar-refractivity contribution in [3.8, 4) is 0 Å². The maximum Gasteiger partial charge on any atom is 0.126 e. The molecular weight excluding hydrogens is 246 g/mol. The minimum absolute atomic E-state index is 0.666. The maximum atomic E-state index is 6.41. The molecule has 4 saturated carbocycles. The minimum atomic E-state index is 0.666. The Morgan fingerprint density at radius 2 is 1.70 bits per heavy atom. The number of hydrogen-bond acceptors (Lipinski definition) is 2. The minimum Gasteiger partial charge on any atom is -0.384 e. The Hall–Kier alpha value is -0.990. The smallest absolute Gasteiger partial charge is 0.126 e. The lowest BCUT2D eigenvalue weighted by atomic mass is 9.51. The number of hydrogen-bond donors (Lipinski definition) is 1. The fraction of sp³-hybridized carbons (Fsp3) is 0.824.